The van der Waals surface area contributed by atoms with Crippen molar-refractivity contribution in [3.63, 3.8) is 0 Å². The van der Waals surface area contributed by atoms with Gasteiger partial charge in [-0.1, -0.05) is 140 Å². The van der Waals surface area contributed by atoms with E-state index >= 15 is 0 Å². The number of hydrogen-bond acceptors (Lipinski definition) is 7. The zero-order valence-corrected chi connectivity index (χ0v) is 27.8. The van der Waals surface area contributed by atoms with Gasteiger partial charge in [-0.25, -0.2) is 10.2 Å². The smallest absolute Gasteiger partial charge is 0.337 e. The van der Waals surface area contributed by atoms with Crippen LogP contribution in [0.4, 0.5) is 0 Å². The van der Waals surface area contributed by atoms with Crippen molar-refractivity contribution >= 4 is 5.97 Å². The van der Waals surface area contributed by atoms with Gasteiger partial charge in [0.15, 0.2) is 5.54 Å². The molecule has 0 aliphatic carbocycles. The second kappa shape index (κ2) is 13.7. The van der Waals surface area contributed by atoms with Crippen LogP contribution in [0.5, 0.6) is 0 Å². The normalized spacial score (nSPS) is 14.7. The number of methoxy groups -OCH3 is 1. The first-order valence-electron chi connectivity index (χ1n) is 16.5. The van der Waals surface area contributed by atoms with Crippen molar-refractivity contribution in [1.82, 2.24) is 30.6 Å². The molecule has 0 saturated heterocycles. The Bertz CT molecular complexity index is 1980. The summed E-state index contributed by atoms with van der Waals surface area (Å²) >= 11 is 0. The van der Waals surface area contributed by atoms with E-state index < -0.39 is 5.54 Å². The highest BCUT2D eigenvalue weighted by Crippen LogP contribution is 2.40. The third-order valence-electron chi connectivity index (χ3n) is 9.34. The van der Waals surface area contributed by atoms with E-state index in [1.807, 2.05) is 84.7 Å². The van der Waals surface area contributed by atoms with Crippen LogP contribution in [-0.2, 0) is 21.5 Å². The van der Waals surface area contributed by atoms with E-state index in [4.69, 9.17) is 20.1 Å². The number of esters is 1. The fourth-order valence-electron chi connectivity index (χ4n) is 6.96. The lowest BCUT2D eigenvalue weighted by Gasteiger charge is -2.34. The average Bonchev–Trinajstić information content (AvgIpc) is 3.78. The van der Waals surface area contributed by atoms with Crippen molar-refractivity contribution in [1.29, 1.82) is 0 Å². The van der Waals surface area contributed by atoms with Crippen molar-refractivity contribution < 1.29 is 9.53 Å². The third-order valence-corrected chi connectivity index (χ3v) is 9.34. The minimum atomic E-state index is -0.858. The predicted octanol–water partition coefficient (Wildman–Crippen LogP) is 7.05. The van der Waals surface area contributed by atoms with Crippen molar-refractivity contribution in [3.05, 3.63) is 173 Å². The average molecular weight is 647 g/mol. The molecule has 49 heavy (non-hydrogen) atoms. The van der Waals surface area contributed by atoms with Crippen LogP contribution in [0, 0.1) is 0 Å². The molecule has 0 bridgehead atoms. The molecule has 0 saturated carbocycles. The van der Waals surface area contributed by atoms with E-state index in [2.05, 4.69) is 79.1 Å². The van der Waals surface area contributed by atoms with E-state index in [0.29, 0.717) is 17.8 Å². The lowest BCUT2D eigenvalue weighted by atomic mass is 9.77. The fraction of sp³-hybridized carbons (Fsp3) is 0.171. The predicted molar refractivity (Wildman–Crippen MR) is 191 cm³/mol. The Hall–Kier alpha value is -5.86. The Kier molecular flexibility index (Phi) is 8.87. The number of allylic oxidation sites excluding steroid dienone is 1. The van der Waals surface area contributed by atoms with Crippen LogP contribution in [0.15, 0.2) is 151 Å². The number of tetrazole rings is 1. The molecule has 1 aliphatic rings. The van der Waals surface area contributed by atoms with Gasteiger partial charge in [0.1, 0.15) is 0 Å². The molecule has 1 aliphatic heterocycles. The fourth-order valence-corrected chi connectivity index (χ4v) is 6.96. The van der Waals surface area contributed by atoms with Gasteiger partial charge in [0.05, 0.1) is 18.7 Å². The Balaban J connectivity index is 1.26. The zero-order chi connectivity index (χ0) is 33.8. The first-order chi connectivity index (χ1) is 24.0. The number of carbonyl (C=O) groups excluding carboxylic acids is 1. The zero-order valence-electron chi connectivity index (χ0n) is 27.8. The maximum absolute atomic E-state index is 12.6. The molecule has 8 heteroatoms. The number of hydrogen-bond donors (Lipinski definition) is 1. The molecule has 1 atom stereocenters. The molecule has 0 radical (unpaired) electrons. The minimum Gasteiger partial charge on any atom is -0.466 e. The molecule has 0 spiro atoms. The van der Waals surface area contributed by atoms with E-state index in [1.165, 1.54) is 7.11 Å². The van der Waals surface area contributed by atoms with Crippen LogP contribution in [0.3, 0.4) is 0 Å². The molecule has 1 N–H and O–H groups in total. The van der Waals surface area contributed by atoms with Gasteiger partial charge >= 0.3 is 5.97 Å². The van der Waals surface area contributed by atoms with E-state index in [0.717, 1.165) is 51.2 Å². The van der Waals surface area contributed by atoms with Gasteiger partial charge in [-0.15, -0.1) is 15.0 Å². The highest BCUT2D eigenvalue weighted by molar-refractivity contribution is 5.91. The molecule has 2 heterocycles. The lowest BCUT2D eigenvalue weighted by molar-refractivity contribution is -0.136. The summed E-state index contributed by atoms with van der Waals surface area (Å²) in [5.74, 6) is 0.234. The monoisotopic (exact) mass is 646 g/mol. The summed E-state index contributed by atoms with van der Waals surface area (Å²) in [7, 11) is 1.43. The molecule has 6 aromatic rings. The van der Waals surface area contributed by atoms with Crippen molar-refractivity contribution in [2.45, 2.75) is 31.8 Å². The van der Waals surface area contributed by atoms with Crippen LogP contribution < -0.4 is 5.43 Å². The summed E-state index contributed by atoms with van der Waals surface area (Å²) < 4.78 is 5.11. The van der Waals surface area contributed by atoms with Crippen LogP contribution >= 0.6 is 0 Å². The molecule has 7 rings (SSSR count). The third kappa shape index (κ3) is 5.81. The summed E-state index contributed by atoms with van der Waals surface area (Å²) in [6, 6.07) is 47.5. The SMILES string of the molecule is CCN1NC(Cc2ccc(-c3ccccc3-c3nnn(C(c4ccccc4)(c4ccccc4)c4ccccc4)n3)cc2)C(C(=O)OC)=C1C. The second-order valence-electron chi connectivity index (χ2n) is 12.1. The first-order valence-corrected chi connectivity index (χ1v) is 16.5. The molecule has 1 aromatic heterocycles. The van der Waals surface area contributed by atoms with Crippen molar-refractivity contribution in [3.8, 4) is 22.5 Å². The highest BCUT2D eigenvalue weighted by Gasteiger charge is 2.41. The topological polar surface area (TPSA) is 85.2 Å². The van der Waals surface area contributed by atoms with E-state index in [-0.39, 0.29) is 12.0 Å². The van der Waals surface area contributed by atoms with Gasteiger partial charge in [0, 0.05) is 17.8 Å². The van der Waals surface area contributed by atoms with Crippen LogP contribution in [0.1, 0.15) is 36.1 Å². The lowest BCUT2D eigenvalue weighted by Crippen LogP contribution is -2.39. The van der Waals surface area contributed by atoms with Gasteiger partial charge in [-0.05, 0) is 58.9 Å². The maximum Gasteiger partial charge on any atom is 0.337 e. The summed E-state index contributed by atoms with van der Waals surface area (Å²) in [5.41, 5.74) is 11.3. The number of carbonyl (C=O) groups is 1. The van der Waals surface area contributed by atoms with Gasteiger partial charge in [-0.2, -0.15) is 0 Å². The maximum atomic E-state index is 12.6. The number of rotatable bonds is 10. The molecule has 0 fully saturated rings. The van der Waals surface area contributed by atoms with Crippen molar-refractivity contribution in [2.24, 2.45) is 0 Å². The van der Waals surface area contributed by atoms with Crippen LogP contribution in [-0.4, -0.2) is 50.9 Å². The largest absolute Gasteiger partial charge is 0.466 e. The number of aromatic nitrogens is 4. The summed E-state index contributed by atoms with van der Waals surface area (Å²) in [4.78, 5) is 14.4. The molecular weight excluding hydrogens is 608 g/mol. The molecule has 8 nitrogen and oxygen atoms in total. The summed E-state index contributed by atoms with van der Waals surface area (Å²) in [6.45, 7) is 4.76. The standard InChI is InChI=1S/C41H38N6O2/c1-4-46-29(2)38(40(48)49-3)37(43-46)28-30-24-26-31(27-25-30)35-22-14-15-23-36(35)39-42-45-47(44-39)41(32-16-8-5-9-17-32,33-18-10-6-11-19-33)34-20-12-7-13-21-34/h5-27,37,43H,4,28H2,1-3H3. The first kappa shape index (κ1) is 31.7. The van der Waals surface area contributed by atoms with E-state index in [1.54, 1.807) is 4.80 Å². The van der Waals surface area contributed by atoms with Crippen molar-refractivity contribution in [2.75, 3.05) is 13.7 Å². The molecule has 0 amide bonds. The summed E-state index contributed by atoms with van der Waals surface area (Å²) in [5, 5.41) is 16.6. The minimum absolute atomic E-state index is 0.163. The molecule has 5 aromatic carbocycles. The van der Waals surface area contributed by atoms with Gasteiger partial charge in [0.25, 0.3) is 0 Å². The van der Waals surface area contributed by atoms with E-state index in [9.17, 15) is 4.79 Å². The Morgan fingerprint density at radius 1 is 0.755 bits per heavy atom. The Morgan fingerprint density at radius 3 is 1.82 bits per heavy atom. The van der Waals surface area contributed by atoms with Gasteiger partial charge in [0.2, 0.25) is 5.82 Å². The summed E-state index contributed by atoms with van der Waals surface area (Å²) in [6.07, 6.45) is 0.649. The number of nitrogens with one attached hydrogen (secondary N) is 1. The van der Waals surface area contributed by atoms with Gasteiger partial charge < -0.3 is 9.75 Å². The molecular formula is C41H38N6O2. The number of benzene rings is 5. The van der Waals surface area contributed by atoms with Crippen LogP contribution in [0.2, 0.25) is 0 Å². The number of hydrazine groups is 1. The Labute approximate surface area is 286 Å². The molecule has 1 unspecified atom stereocenters. The molecule has 244 valence electrons. The second-order valence-corrected chi connectivity index (χ2v) is 12.1. The quantitative estimate of drug-likeness (QED) is 0.126. The number of ether oxygens (including phenoxy) is 1. The van der Waals surface area contributed by atoms with Gasteiger partial charge in [-0.3, -0.25) is 0 Å². The number of nitrogens with zero attached hydrogens (tertiary/aromatic N) is 5. The van der Waals surface area contributed by atoms with Crippen LogP contribution in [0.25, 0.3) is 22.5 Å². The Morgan fingerprint density at radius 2 is 1.29 bits per heavy atom. The highest BCUT2D eigenvalue weighted by atomic mass is 16.5.